The smallest absolute Gasteiger partial charge is 0.179 e. The molecule has 0 saturated carbocycles. The van der Waals surface area contributed by atoms with Crippen LogP contribution in [0.25, 0.3) is 98.4 Å². The van der Waals surface area contributed by atoms with E-state index in [4.69, 9.17) is 0 Å². The Balaban J connectivity index is 1.04. The summed E-state index contributed by atoms with van der Waals surface area (Å²) >= 11 is 0. The van der Waals surface area contributed by atoms with Crippen LogP contribution < -0.4 is 20.7 Å². The number of rotatable bonds is 7. The molecule has 12 aromatic carbocycles. The van der Waals surface area contributed by atoms with Crippen LogP contribution in [0.3, 0.4) is 0 Å². The fraction of sp³-hybridized carbons (Fsp3) is 0. The number of fused-ring (bicyclic) bond motifs is 13. The molecule has 0 saturated heterocycles. The van der Waals surface area contributed by atoms with Crippen molar-refractivity contribution in [3.8, 4) is 22.5 Å². The van der Waals surface area contributed by atoms with E-state index in [1.54, 1.807) is 0 Å². The molecule has 3 heteroatoms. The van der Waals surface area contributed by atoms with Crippen molar-refractivity contribution in [3.63, 3.8) is 0 Å². The fourth-order valence-corrected chi connectivity index (χ4v) is 16.6. The van der Waals surface area contributed by atoms with Crippen molar-refractivity contribution in [3.05, 3.63) is 267 Å². The third kappa shape index (κ3) is 5.91. The summed E-state index contributed by atoms with van der Waals surface area (Å²) in [4.78, 5) is 0. The van der Waals surface area contributed by atoms with E-state index < -0.39 is 8.07 Å². The molecule has 0 aliphatic heterocycles. The summed E-state index contributed by atoms with van der Waals surface area (Å²) in [5.74, 6) is 0. The summed E-state index contributed by atoms with van der Waals surface area (Å²) < 4.78 is 4.96. The Morgan fingerprint density at radius 3 is 1.17 bits per heavy atom. The molecule has 0 unspecified atom stereocenters. The molecule has 2 aromatic heterocycles. The molecular weight excluding hydrogens is 849 g/mol. The maximum Gasteiger partial charge on any atom is 0.179 e. The van der Waals surface area contributed by atoms with Gasteiger partial charge in [0.05, 0.1) is 22.1 Å². The average Bonchev–Trinajstić information content (AvgIpc) is 3.95. The summed E-state index contributed by atoms with van der Waals surface area (Å²) in [5.41, 5.74) is 9.51. The third-order valence-electron chi connectivity index (χ3n) is 14.9. The third-order valence-corrected chi connectivity index (χ3v) is 19.7. The lowest BCUT2D eigenvalue weighted by Crippen LogP contribution is -2.74. The number of hydrogen-bond acceptors (Lipinski definition) is 0. The first kappa shape index (κ1) is 39.4. The zero-order valence-electron chi connectivity index (χ0n) is 37.8. The second-order valence-electron chi connectivity index (χ2n) is 18.4. The molecule has 0 bridgehead atoms. The molecule has 0 radical (unpaired) electrons. The van der Waals surface area contributed by atoms with Gasteiger partial charge in [-0.2, -0.15) is 0 Å². The van der Waals surface area contributed by atoms with Crippen LogP contribution in [0.15, 0.2) is 267 Å². The second-order valence-corrected chi connectivity index (χ2v) is 22.2. The molecular formula is C66H44N2Si. The minimum absolute atomic E-state index is 1.14. The number of benzene rings is 12. The monoisotopic (exact) mass is 892 g/mol. The van der Waals surface area contributed by atoms with Gasteiger partial charge in [0.25, 0.3) is 0 Å². The van der Waals surface area contributed by atoms with Crippen LogP contribution in [0.2, 0.25) is 0 Å². The molecule has 322 valence electrons. The number of para-hydroxylation sites is 2. The highest BCUT2D eigenvalue weighted by molar-refractivity contribution is 7.19. The first-order valence-electron chi connectivity index (χ1n) is 23.9. The first-order chi connectivity index (χ1) is 34.3. The maximum absolute atomic E-state index is 2.83. The van der Waals surface area contributed by atoms with Crippen LogP contribution >= 0.6 is 0 Å². The highest BCUT2D eigenvalue weighted by Crippen LogP contribution is 2.44. The van der Waals surface area contributed by atoms with Gasteiger partial charge in [-0.3, -0.25) is 0 Å². The van der Waals surface area contributed by atoms with Gasteiger partial charge >= 0.3 is 0 Å². The summed E-state index contributed by atoms with van der Waals surface area (Å²) in [6.07, 6.45) is 0. The molecule has 14 aromatic rings. The molecule has 14 rings (SSSR count). The Hall–Kier alpha value is -8.76. The van der Waals surface area contributed by atoms with Crippen molar-refractivity contribution in [1.82, 2.24) is 9.13 Å². The summed E-state index contributed by atoms with van der Waals surface area (Å²) in [6.45, 7) is 0. The van der Waals surface area contributed by atoms with Crippen molar-refractivity contribution < 1.29 is 0 Å². The van der Waals surface area contributed by atoms with Crippen LogP contribution in [-0.4, -0.2) is 17.2 Å². The van der Waals surface area contributed by atoms with Crippen LogP contribution in [0.4, 0.5) is 0 Å². The summed E-state index contributed by atoms with van der Waals surface area (Å²) in [5, 5.41) is 18.1. The Morgan fingerprint density at radius 2 is 0.594 bits per heavy atom. The largest absolute Gasteiger partial charge is 0.309 e. The van der Waals surface area contributed by atoms with E-state index in [1.165, 1.54) is 108 Å². The highest BCUT2D eigenvalue weighted by Gasteiger charge is 2.41. The van der Waals surface area contributed by atoms with Crippen molar-refractivity contribution >= 4 is 105 Å². The maximum atomic E-state index is 2.51. The van der Waals surface area contributed by atoms with Gasteiger partial charge in [-0.25, -0.2) is 0 Å². The van der Waals surface area contributed by atoms with Gasteiger partial charge < -0.3 is 9.13 Å². The Bertz CT molecular complexity index is 4140. The van der Waals surface area contributed by atoms with Crippen LogP contribution in [0, 0.1) is 0 Å². The van der Waals surface area contributed by atoms with E-state index in [0.29, 0.717) is 0 Å². The lowest BCUT2D eigenvalue weighted by molar-refractivity contribution is 1.17. The van der Waals surface area contributed by atoms with E-state index in [2.05, 4.69) is 276 Å². The quantitative estimate of drug-likeness (QED) is 0.0857. The topological polar surface area (TPSA) is 9.86 Å². The van der Waals surface area contributed by atoms with Gasteiger partial charge in [0.15, 0.2) is 8.07 Å². The second kappa shape index (κ2) is 15.7. The molecule has 0 spiro atoms. The number of nitrogens with zero attached hydrogens (tertiary/aromatic N) is 2. The SMILES string of the molecule is c1ccc(-c2ccc([Si](c3ccccc3)(c3ccccc3)c3ccc(-n4c5ccc(-n6c7ccccc7c7ccccc76)cc5c5c6c7ccccc7c7ccccc7c6ccc54)cc3)cc2)cc1. The van der Waals surface area contributed by atoms with Gasteiger partial charge in [0.2, 0.25) is 0 Å². The zero-order valence-corrected chi connectivity index (χ0v) is 38.8. The van der Waals surface area contributed by atoms with Crippen molar-refractivity contribution in [1.29, 1.82) is 0 Å². The Morgan fingerprint density at radius 1 is 0.217 bits per heavy atom. The minimum atomic E-state index is -2.83. The number of aromatic nitrogens is 2. The van der Waals surface area contributed by atoms with Crippen molar-refractivity contribution in [2.24, 2.45) is 0 Å². The molecule has 69 heavy (non-hydrogen) atoms. The minimum Gasteiger partial charge on any atom is -0.309 e. The van der Waals surface area contributed by atoms with Gasteiger partial charge in [0.1, 0.15) is 0 Å². The van der Waals surface area contributed by atoms with Gasteiger partial charge in [-0.05, 0) is 107 Å². The lowest BCUT2D eigenvalue weighted by Gasteiger charge is -2.34. The van der Waals surface area contributed by atoms with Crippen molar-refractivity contribution in [2.75, 3.05) is 0 Å². The first-order valence-corrected chi connectivity index (χ1v) is 25.9. The molecule has 0 aliphatic carbocycles. The van der Waals surface area contributed by atoms with Gasteiger partial charge in [-0.15, -0.1) is 0 Å². The van der Waals surface area contributed by atoms with Crippen LogP contribution in [0.1, 0.15) is 0 Å². The molecule has 2 nitrogen and oxygen atoms in total. The van der Waals surface area contributed by atoms with Crippen LogP contribution in [-0.2, 0) is 0 Å². The molecule has 0 N–H and O–H groups in total. The van der Waals surface area contributed by atoms with Gasteiger partial charge in [-0.1, -0.05) is 218 Å². The number of hydrogen-bond donors (Lipinski definition) is 0. The molecule has 0 atom stereocenters. The molecule has 0 fully saturated rings. The van der Waals surface area contributed by atoms with E-state index >= 15 is 0 Å². The fourth-order valence-electron chi connectivity index (χ4n) is 11.9. The standard InChI is InChI=1S/C66H44N2Si/c1-4-18-45(19-5-1)46-32-37-51(38-33-46)69(49-20-6-2-7-21-49,50-22-8-3-9-23-50)52-39-34-47(35-40-52)67-63-42-36-48(68-61-30-16-14-27-56(61)57-28-15-17-31-62(57)68)44-60(63)66-64(67)43-41-59-55-26-11-10-24-53(55)54-25-12-13-29-58(54)65(59)66/h1-44H. The summed E-state index contributed by atoms with van der Waals surface area (Å²) in [7, 11) is -2.83. The highest BCUT2D eigenvalue weighted by atomic mass is 28.3. The Kier molecular flexibility index (Phi) is 8.95. The van der Waals surface area contributed by atoms with Gasteiger partial charge in [0, 0.05) is 38.3 Å². The molecule has 0 aliphatic rings. The van der Waals surface area contributed by atoms with E-state index in [1.807, 2.05) is 0 Å². The molecule has 0 amide bonds. The van der Waals surface area contributed by atoms with E-state index in [9.17, 15) is 0 Å². The predicted octanol–water partition coefficient (Wildman–Crippen LogP) is 14.4. The van der Waals surface area contributed by atoms with Crippen LogP contribution in [0.5, 0.6) is 0 Å². The lowest BCUT2D eigenvalue weighted by atomic mass is 9.92. The predicted molar refractivity (Wildman–Crippen MR) is 297 cm³/mol. The van der Waals surface area contributed by atoms with E-state index in [-0.39, 0.29) is 0 Å². The summed E-state index contributed by atoms with van der Waals surface area (Å²) in [6, 6.07) is 99.6. The molecule has 2 heterocycles. The zero-order chi connectivity index (χ0) is 45.5. The van der Waals surface area contributed by atoms with E-state index in [0.717, 1.165) is 11.4 Å². The Labute approximate surface area is 401 Å². The normalized spacial score (nSPS) is 12.1. The van der Waals surface area contributed by atoms with Crippen molar-refractivity contribution in [2.45, 2.75) is 0 Å². The average molecular weight is 893 g/mol.